The van der Waals surface area contributed by atoms with Crippen LogP contribution in [0.1, 0.15) is 0 Å². The molecule has 0 saturated heterocycles. The molecule has 0 radical (unpaired) electrons. The van der Waals surface area contributed by atoms with Crippen molar-refractivity contribution in [2.24, 2.45) is 5.10 Å². The van der Waals surface area contributed by atoms with E-state index >= 15 is 0 Å². The fourth-order valence-electron chi connectivity index (χ4n) is 0.228. The maximum absolute atomic E-state index is 10.00. The van der Waals surface area contributed by atoms with E-state index in [0.717, 1.165) is 0 Å². The predicted octanol–water partition coefficient (Wildman–Crippen LogP) is -0.952. The van der Waals surface area contributed by atoms with Crippen molar-refractivity contribution in [1.29, 1.82) is 5.41 Å². The minimum atomic E-state index is -2.41. The quantitative estimate of drug-likeness (QED) is 0.229. The molecule has 1 unspecified atom stereocenters. The lowest BCUT2D eigenvalue weighted by Crippen LogP contribution is -2.11. The predicted molar refractivity (Wildman–Crippen MR) is 34.2 cm³/mol. The number of nitrogens with one attached hydrogen (secondary N) is 2. The van der Waals surface area contributed by atoms with Crippen LogP contribution in [-0.4, -0.2) is 27.1 Å². The first kappa shape index (κ1) is 8.25. The van der Waals surface area contributed by atoms with Crippen LogP contribution in [0, 0.1) is 5.41 Å². The van der Waals surface area contributed by atoms with Gasteiger partial charge in [0.15, 0.2) is 5.04 Å². The van der Waals surface area contributed by atoms with Gasteiger partial charge in [0.25, 0.3) is 0 Å². The van der Waals surface area contributed by atoms with Crippen LogP contribution in [0.3, 0.4) is 0 Å². The van der Waals surface area contributed by atoms with E-state index in [9.17, 15) is 8.76 Å². The molecule has 52 valence electrons. The number of nitrogens with zero attached hydrogens (tertiary/aromatic N) is 1. The second-order valence-electron chi connectivity index (χ2n) is 1.05. The summed E-state index contributed by atoms with van der Waals surface area (Å²) < 4.78 is 20.0. The molecule has 6 heteroatoms. The molecule has 5 nitrogen and oxygen atoms in total. The van der Waals surface area contributed by atoms with E-state index in [1.165, 1.54) is 7.05 Å². The molecule has 0 saturated carbocycles. The monoisotopic (exact) mass is 148 g/mol. The highest BCUT2D eigenvalue weighted by molar-refractivity contribution is 7.97. The van der Waals surface area contributed by atoms with Gasteiger partial charge in [-0.2, -0.15) is 5.10 Å². The van der Waals surface area contributed by atoms with Gasteiger partial charge in [0.1, 0.15) is 0 Å². The number of rotatable bonds is 2. The zero-order valence-corrected chi connectivity index (χ0v) is 5.57. The van der Waals surface area contributed by atoms with E-state index < -0.39 is 11.1 Å². The van der Waals surface area contributed by atoms with Gasteiger partial charge in [-0.1, -0.05) is 0 Å². The largest absolute Gasteiger partial charge is 0.767 e. The Morgan fingerprint density at radius 2 is 2.56 bits per heavy atom. The molecular weight excluding hydrogens is 142 g/mol. The molecule has 0 rings (SSSR count). The average molecular weight is 148 g/mol. The molecule has 0 aromatic rings. The maximum atomic E-state index is 10.00. The average Bonchev–Trinajstić information content (AvgIpc) is 1.82. The third kappa shape index (κ3) is 2.94. The van der Waals surface area contributed by atoms with Crippen molar-refractivity contribution in [3.63, 3.8) is 0 Å². The van der Waals surface area contributed by atoms with Crippen molar-refractivity contribution in [3.8, 4) is 0 Å². The Labute approximate surface area is 54.9 Å². The molecule has 0 amide bonds. The van der Waals surface area contributed by atoms with Crippen LogP contribution in [0.2, 0.25) is 0 Å². The summed E-state index contributed by atoms with van der Waals surface area (Å²) in [6.45, 7) is 0. The van der Waals surface area contributed by atoms with Crippen LogP contribution < -0.4 is 5.43 Å². The summed E-state index contributed by atoms with van der Waals surface area (Å²) in [5, 5.41) is 9.45. The van der Waals surface area contributed by atoms with Crippen LogP contribution >= 0.6 is 0 Å². The van der Waals surface area contributed by atoms with Gasteiger partial charge in [0, 0.05) is 18.1 Å². The summed E-state index contributed by atoms with van der Waals surface area (Å²) in [5.74, 6) is 0. The molecule has 0 fully saturated rings. The third-order valence-electron chi connectivity index (χ3n) is 0.516. The zero-order chi connectivity index (χ0) is 7.28. The first-order chi connectivity index (χ1) is 4.22. The lowest BCUT2D eigenvalue weighted by Gasteiger charge is -2.01. The van der Waals surface area contributed by atoms with Crippen LogP contribution in [0.25, 0.3) is 0 Å². The summed E-state index contributed by atoms with van der Waals surface area (Å²) >= 11 is -2.41. The van der Waals surface area contributed by atoms with Crippen LogP contribution in [0.4, 0.5) is 0 Å². The number of hydrogen-bond donors (Lipinski definition) is 2. The molecule has 1 atom stereocenters. The highest BCUT2D eigenvalue weighted by Crippen LogP contribution is 1.75. The Balaban J connectivity index is 4.14. The molecule has 0 spiro atoms. The van der Waals surface area contributed by atoms with Gasteiger partial charge in [-0.3, -0.25) is 4.21 Å². The van der Waals surface area contributed by atoms with Gasteiger partial charge in [-0.05, 0) is 0 Å². The van der Waals surface area contributed by atoms with Gasteiger partial charge < -0.3 is 15.4 Å². The summed E-state index contributed by atoms with van der Waals surface area (Å²) in [6.07, 6.45) is 0.652. The van der Waals surface area contributed by atoms with E-state index in [1.807, 2.05) is 0 Å². The molecular formula is C3H6N3O2S-. The van der Waals surface area contributed by atoms with Crippen LogP contribution in [-0.2, 0) is 11.1 Å². The molecule has 0 aromatic carbocycles. The molecule has 0 bridgehead atoms. The topological polar surface area (TPSA) is 88.4 Å². The molecule has 2 N–H and O–H groups in total. The van der Waals surface area contributed by atoms with E-state index in [4.69, 9.17) is 5.41 Å². The fourth-order valence-corrected chi connectivity index (χ4v) is 0.490. The first-order valence-electron chi connectivity index (χ1n) is 2.06. The lowest BCUT2D eigenvalue weighted by atomic mass is 10.8. The lowest BCUT2D eigenvalue weighted by molar-refractivity contribution is 0.549. The Morgan fingerprint density at radius 1 is 2.00 bits per heavy atom. The highest BCUT2D eigenvalue weighted by atomic mass is 32.2. The fraction of sp³-hybridized carbons (Fsp3) is 0.333. The maximum Gasteiger partial charge on any atom is 0.150 e. The van der Waals surface area contributed by atoms with Crippen molar-refractivity contribution in [3.05, 3.63) is 0 Å². The summed E-state index contributed by atoms with van der Waals surface area (Å²) in [4.78, 5) is 0. The zero-order valence-electron chi connectivity index (χ0n) is 4.75. The summed E-state index contributed by atoms with van der Waals surface area (Å²) in [6, 6.07) is 0. The standard InChI is InChI=1S/C3H7N3O2S/c1-5-6-3(2-4)9(7)8/h2,4-5H,1H3,(H,7,8)/p-1/b4-2?,6-3+. The van der Waals surface area contributed by atoms with Gasteiger partial charge in [-0.15, -0.1) is 0 Å². The third-order valence-corrected chi connectivity index (χ3v) is 1.07. The highest BCUT2D eigenvalue weighted by Gasteiger charge is 1.90. The Bertz CT molecular complexity index is 155. The smallest absolute Gasteiger partial charge is 0.150 e. The van der Waals surface area contributed by atoms with E-state index in [-0.39, 0.29) is 5.04 Å². The Morgan fingerprint density at radius 3 is 2.67 bits per heavy atom. The van der Waals surface area contributed by atoms with E-state index in [0.29, 0.717) is 6.21 Å². The minimum absolute atomic E-state index is 0.308. The number of hydrazone groups is 1. The molecule has 0 aliphatic heterocycles. The van der Waals surface area contributed by atoms with Crippen LogP contribution in [0.5, 0.6) is 0 Å². The van der Waals surface area contributed by atoms with E-state index in [1.54, 1.807) is 0 Å². The van der Waals surface area contributed by atoms with Gasteiger partial charge in [0.2, 0.25) is 0 Å². The van der Waals surface area contributed by atoms with Crippen molar-refractivity contribution in [2.45, 2.75) is 0 Å². The normalized spacial score (nSPS) is 14.7. The van der Waals surface area contributed by atoms with Crippen molar-refractivity contribution >= 4 is 22.3 Å². The second kappa shape index (κ2) is 4.16. The van der Waals surface area contributed by atoms with Gasteiger partial charge in [0.05, 0.1) is 6.21 Å². The summed E-state index contributed by atoms with van der Waals surface area (Å²) in [5.41, 5.74) is 2.24. The second-order valence-corrected chi connectivity index (χ2v) is 1.94. The Hall–Kier alpha value is -0.750. The van der Waals surface area contributed by atoms with Crippen molar-refractivity contribution in [2.75, 3.05) is 7.05 Å². The van der Waals surface area contributed by atoms with Crippen LogP contribution in [0.15, 0.2) is 5.10 Å². The van der Waals surface area contributed by atoms with Gasteiger partial charge in [-0.25, -0.2) is 0 Å². The van der Waals surface area contributed by atoms with Gasteiger partial charge >= 0.3 is 0 Å². The first-order valence-corrected chi connectivity index (χ1v) is 3.14. The molecule has 0 aliphatic rings. The molecule has 0 aliphatic carbocycles. The van der Waals surface area contributed by atoms with E-state index in [2.05, 4.69) is 10.5 Å². The SMILES string of the molecule is CN/N=C(\C=N)S(=O)[O-]. The van der Waals surface area contributed by atoms with Crippen molar-refractivity contribution in [1.82, 2.24) is 5.43 Å². The molecule has 9 heavy (non-hydrogen) atoms. The summed E-state index contributed by atoms with van der Waals surface area (Å²) in [7, 11) is 1.45. The Kier molecular flexibility index (Phi) is 3.81. The number of hydrogen-bond acceptors (Lipinski definition) is 5. The minimum Gasteiger partial charge on any atom is -0.767 e. The molecule has 0 heterocycles. The molecule has 0 aromatic heterocycles. The van der Waals surface area contributed by atoms with Crippen molar-refractivity contribution < 1.29 is 8.76 Å².